The second-order valence-electron chi connectivity index (χ2n) is 8.34. The molecule has 0 aliphatic carbocycles. The maximum absolute atomic E-state index is 13.1. The summed E-state index contributed by atoms with van der Waals surface area (Å²) in [6, 6.07) is 16.2. The predicted molar refractivity (Wildman–Crippen MR) is 144 cm³/mol. The number of amides is 2. The Balaban J connectivity index is 1.61. The summed E-state index contributed by atoms with van der Waals surface area (Å²) in [5.41, 5.74) is 4.23. The fraction of sp³-hybridized carbons (Fsp3) is 0.172. The molecule has 4 rings (SSSR count). The van der Waals surface area contributed by atoms with Gasteiger partial charge in [-0.2, -0.15) is 0 Å². The van der Waals surface area contributed by atoms with E-state index in [-0.39, 0.29) is 11.4 Å². The summed E-state index contributed by atoms with van der Waals surface area (Å²) in [5, 5.41) is 6.27. The van der Waals surface area contributed by atoms with Gasteiger partial charge in [-0.15, -0.1) is 0 Å². The lowest BCUT2D eigenvalue weighted by atomic mass is 10.1. The van der Waals surface area contributed by atoms with E-state index in [9.17, 15) is 9.59 Å². The average molecular weight is 501 g/mol. The van der Waals surface area contributed by atoms with Crippen LogP contribution in [0.2, 0.25) is 0 Å². The van der Waals surface area contributed by atoms with Crippen molar-refractivity contribution >= 4 is 40.2 Å². The van der Waals surface area contributed by atoms with Crippen LogP contribution in [0.5, 0.6) is 17.2 Å². The van der Waals surface area contributed by atoms with Crippen molar-refractivity contribution in [2.45, 2.75) is 13.8 Å². The predicted octanol–water partition coefficient (Wildman–Crippen LogP) is 5.98. The zero-order valence-corrected chi connectivity index (χ0v) is 21.3. The van der Waals surface area contributed by atoms with E-state index < -0.39 is 11.8 Å². The number of aryl methyl sites for hydroxylation is 2. The first-order valence-corrected chi connectivity index (χ1v) is 11.5. The largest absolute Gasteiger partial charge is 0.493 e. The number of para-hydroxylation sites is 1. The van der Waals surface area contributed by atoms with Gasteiger partial charge in [0.25, 0.3) is 5.91 Å². The second kappa shape index (κ2) is 10.9. The van der Waals surface area contributed by atoms with Gasteiger partial charge in [0.2, 0.25) is 17.4 Å². The summed E-state index contributed by atoms with van der Waals surface area (Å²) < 4.78 is 21.9. The van der Waals surface area contributed by atoms with Crippen LogP contribution in [0.3, 0.4) is 0 Å². The summed E-state index contributed by atoms with van der Waals surface area (Å²) in [7, 11) is 4.56. The Labute approximate surface area is 214 Å². The minimum Gasteiger partial charge on any atom is -0.493 e. The van der Waals surface area contributed by atoms with E-state index in [0.29, 0.717) is 39.5 Å². The summed E-state index contributed by atoms with van der Waals surface area (Å²) >= 11 is 0. The number of rotatable bonds is 8. The van der Waals surface area contributed by atoms with Crippen LogP contribution in [0.25, 0.3) is 17.0 Å². The zero-order valence-electron chi connectivity index (χ0n) is 21.3. The molecule has 0 bridgehead atoms. The number of fused-ring (bicyclic) bond motifs is 1. The molecular formula is C29H28N2O6. The van der Waals surface area contributed by atoms with Gasteiger partial charge in [-0.25, -0.2) is 0 Å². The molecule has 0 aliphatic heterocycles. The lowest BCUT2D eigenvalue weighted by Crippen LogP contribution is -2.16. The Bertz CT molecular complexity index is 1480. The topological polar surface area (TPSA) is 99.0 Å². The molecule has 0 atom stereocenters. The smallest absolute Gasteiger partial charge is 0.293 e. The molecule has 8 nitrogen and oxygen atoms in total. The van der Waals surface area contributed by atoms with Crippen LogP contribution in [0.1, 0.15) is 27.2 Å². The maximum atomic E-state index is 13.1. The first kappa shape index (κ1) is 25.4. The molecule has 37 heavy (non-hydrogen) atoms. The molecule has 0 saturated heterocycles. The quantitative estimate of drug-likeness (QED) is 0.289. The molecule has 1 heterocycles. The van der Waals surface area contributed by atoms with Gasteiger partial charge in [-0.3, -0.25) is 9.59 Å². The Morgan fingerprint density at radius 3 is 2.19 bits per heavy atom. The molecule has 0 unspecified atom stereocenters. The molecular weight excluding hydrogens is 472 g/mol. The van der Waals surface area contributed by atoms with Crippen molar-refractivity contribution in [2.75, 3.05) is 32.0 Å². The molecule has 0 saturated carbocycles. The summed E-state index contributed by atoms with van der Waals surface area (Å²) in [4.78, 5) is 26.1. The van der Waals surface area contributed by atoms with Gasteiger partial charge < -0.3 is 29.3 Å². The molecule has 8 heteroatoms. The monoisotopic (exact) mass is 500 g/mol. The standard InChI is InChI=1S/C29H28N2O6/c1-17-10-12-20(14-18(17)2)30-29(33)28-26(21-8-6-7-9-22(21)37-28)31-25(32)13-11-19-15-23(34-3)27(36-5)24(16-19)35-4/h6-16H,1-5H3,(H,30,33)(H,31,32). The Kier molecular flexibility index (Phi) is 7.48. The number of hydrogen-bond donors (Lipinski definition) is 2. The van der Waals surface area contributed by atoms with Crippen molar-refractivity contribution < 1.29 is 28.2 Å². The zero-order chi connectivity index (χ0) is 26.5. The highest BCUT2D eigenvalue weighted by Gasteiger charge is 2.22. The number of benzene rings is 3. The van der Waals surface area contributed by atoms with E-state index in [1.807, 2.05) is 38.1 Å². The van der Waals surface area contributed by atoms with Crippen LogP contribution in [-0.2, 0) is 4.79 Å². The van der Waals surface area contributed by atoms with Crippen LogP contribution in [-0.4, -0.2) is 33.1 Å². The Morgan fingerprint density at radius 1 is 0.838 bits per heavy atom. The maximum Gasteiger partial charge on any atom is 0.293 e. The van der Waals surface area contributed by atoms with Crippen LogP contribution >= 0.6 is 0 Å². The number of furan rings is 1. The van der Waals surface area contributed by atoms with E-state index in [2.05, 4.69) is 10.6 Å². The Morgan fingerprint density at radius 2 is 1.54 bits per heavy atom. The minimum absolute atomic E-state index is 0.00830. The molecule has 0 fully saturated rings. The third-order valence-electron chi connectivity index (χ3n) is 5.93. The lowest BCUT2D eigenvalue weighted by Gasteiger charge is -2.12. The average Bonchev–Trinajstić information content (AvgIpc) is 3.27. The van der Waals surface area contributed by atoms with E-state index in [4.69, 9.17) is 18.6 Å². The molecule has 0 radical (unpaired) electrons. The van der Waals surface area contributed by atoms with Gasteiger partial charge in [0.05, 0.1) is 21.3 Å². The van der Waals surface area contributed by atoms with E-state index in [0.717, 1.165) is 11.1 Å². The normalized spacial score (nSPS) is 10.9. The highest BCUT2D eigenvalue weighted by atomic mass is 16.5. The van der Waals surface area contributed by atoms with Crippen LogP contribution in [0.15, 0.2) is 65.1 Å². The van der Waals surface area contributed by atoms with E-state index in [1.165, 1.54) is 27.4 Å². The Hall–Kier alpha value is -4.72. The van der Waals surface area contributed by atoms with Crippen molar-refractivity contribution in [2.24, 2.45) is 0 Å². The van der Waals surface area contributed by atoms with Gasteiger partial charge in [-0.05, 0) is 73.0 Å². The summed E-state index contributed by atoms with van der Waals surface area (Å²) in [5.74, 6) is 0.481. The molecule has 0 aliphatic rings. The van der Waals surface area contributed by atoms with Gasteiger partial charge in [-0.1, -0.05) is 18.2 Å². The fourth-order valence-corrected chi connectivity index (χ4v) is 3.87. The number of hydrogen-bond acceptors (Lipinski definition) is 6. The third kappa shape index (κ3) is 5.43. The molecule has 3 aromatic carbocycles. The molecule has 2 amide bonds. The van der Waals surface area contributed by atoms with E-state index >= 15 is 0 Å². The number of anilines is 2. The SMILES string of the molecule is COc1cc(C=CC(=O)Nc2c(C(=O)Nc3ccc(C)c(C)c3)oc3ccccc23)cc(OC)c1OC. The van der Waals surface area contributed by atoms with Crippen LogP contribution in [0, 0.1) is 13.8 Å². The molecule has 1 aromatic heterocycles. The second-order valence-corrected chi connectivity index (χ2v) is 8.34. The van der Waals surface area contributed by atoms with Gasteiger partial charge in [0.1, 0.15) is 11.3 Å². The third-order valence-corrected chi connectivity index (χ3v) is 5.93. The highest BCUT2D eigenvalue weighted by Crippen LogP contribution is 2.38. The lowest BCUT2D eigenvalue weighted by molar-refractivity contribution is -0.111. The molecule has 0 spiro atoms. The molecule has 2 N–H and O–H groups in total. The van der Waals surface area contributed by atoms with Crippen molar-refractivity contribution in [1.29, 1.82) is 0 Å². The van der Waals surface area contributed by atoms with Crippen molar-refractivity contribution in [3.63, 3.8) is 0 Å². The highest BCUT2D eigenvalue weighted by molar-refractivity contribution is 6.16. The molecule has 4 aromatic rings. The van der Waals surface area contributed by atoms with Crippen LogP contribution < -0.4 is 24.8 Å². The summed E-state index contributed by atoms with van der Waals surface area (Å²) in [6.07, 6.45) is 2.96. The van der Waals surface area contributed by atoms with Crippen molar-refractivity contribution in [3.05, 3.63) is 83.1 Å². The van der Waals surface area contributed by atoms with Crippen molar-refractivity contribution in [1.82, 2.24) is 0 Å². The molecule has 190 valence electrons. The first-order chi connectivity index (χ1) is 17.8. The number of carbonyl (C=O) groups is 2. The minimum atomic E-state index is -0.469. The van der Waals surface area contributed by atoms with Gasteiger partial charge in [0.15, 0.2) is 11.5 Å². The first-order valence-electron chi connectivity index (χ1n) is 11.5. The number of nitrogens with one attached hydrogen (secondary N) is 2. The van der Waals surface area contributed by atoms with Gasteiger partial charge >= 0.3 is 0 Å². The van der Waals surface area contributed by atoms with Gasteiger partial charge in [0, 0.05) is 17.1 Å². The fourth-order valence-electron chi connectivity index (χ4n) is 3.87. The van der Waals surface area contributed by atoms with Crippen molar-refractivity contribution in [3.8, 4) is 17.2 Å². The van der Waals surface area contributed by atoms with E-state index in [1.54, 1.807) is 36.4 Å². The number of ether oxygens (including phenoxy) is 3. The number of methoxy groups -OCH3 is 3. The number of carbonyl (C=O) groups excluding carboxylic acids is 2. The van der Waals surface area contributed by atoms with Crippen LogP contribution in [0.4, 0.5) is 11.4 Å². The summed E-state index contributed by atoms with van der Waals surface area (Å²) in [6.45, 7) is 3.97.